The minimum absolute atomic E-state index is 0. The molecule has 5 nitrogen and oxygen atoms in total. The minimum atomic E-state index is -0.570. The summed E-state index contributed by atoms with van der Waals surface area (Å²) in [7, 11) is 0. The van der Waals surface area contributed by atoms with Gasteiger partial charge in [-0.15, -0.1) is 12.4 Å². The van der Waals surface area contributed by atoms with E-state index in [9.17, 15) is 9.59 Å². The Kier molecular flexibility index (Phi) is 7.03. The number of amides is 2. The lowest BCUT2D eigenvalue weighted by Gasteiger charge is -2.22. The quantitative estimate of drug-likeness (QED) is 0.862. The summed E-state index contributed by atoms with van der Waals surface area (Å²) in [4.78, 5) is 26.5. The first-order chi connectivity index (χ1) is 10.5. The van der Waals surface area contributed by atoms with Crippen molar-refractivity contribution in [3.63, 3.8) is 0 Å². The fraction of sp³-hybridized carbons (Fsp3) is 0.529. The number of benzene rings is 1. The lowest BCUT2D eigenvalue weighted by Crippen LogP contribution is -2.50. The summed E-state index contributed by atoms with van der Waals surface area (Å²) in [6.45, 7) is 5.93. The number of halogens is 1. The van der Waals surface area contributed by atoms with Gasteiger partial charge in [0.2, 0.25) is 11.8 Å². The highest BCUT2D eigenvalue weighted by Gasteiger charge is 2.39. The van der Waals surface area contributed by atoms with Gasteiger partial charge in [-0.2, -0.15) is 0 Å². The molecule has 1 aliphatic rings. The summed E-state index contributed by atoms with van der Waals surface area (Å²) in [6.07, 6.45) is 1.44. The minimum Gasteiger partial charge on any atom is -0.343 e. The smallest absolute Gasteiger partial charge is 0.249 e. The maximum Gasteiger partial charge on any atom is 0.249 e. The van der Waals surface area contributed by atoms with E-state index in [1.807, 2.05) is 51.1 Å². The summed E-state index contributed by atoms with van der Waals surface area (Å²) in [5, 5.41) is 2.82. The van der Waals surface area contributed by atoms with E-state index >= 15 is 0 Å². The van der Waals surface area contributed by atoms with E-state index in [-0.39, 0.29) is 36.2 Å². The molecule has 1 heterocycles. The Labute approximate surface area is 144 Å². The van der Waals surface area contributed by atoms with Crippen LogP contribution in [-0.2, 0) is 9.59 Å². The number of nitrogens with zero attached hydrogens (tertiary/aromatic N) is 1. The van der Waals surface area contributed by atoms with Crippen LogP contribution in [0.4, 0.5) is 5.69 Å². The summed E-state index contributed by atoms with van der Waals surface area (Å²) in [5.74, 6) is -0.211. The summed E-state index contributed by atoms with van der Waals surface area (Å²) >= 11 is 0. The molecule has 0 radical (unpaired) electrons. The molecule has 0 aromatic heterocycles. The zero-order chi connectivity index (χ0) is 16.3. The van der Waals surface area contributed by atoms with Crippen LogP contribution in [0.3, 0.4) is 0 Å². The predicted molar refractivity (Wildman–Crippen MR) is 94.6 cm³/mol. The van der Waals surface area contributed by atoms with Gasteiger partial charge in [0.15, 0.2) is 0 Å². The van der Waals surface area contributed by atoms with Gasteiger partial charge in [-0.05, 0) is 31.4 Å². The molecule has 4 unspecified atom stereocenters. The Morgan fingerprint density at radius 1 is 1.39 bits per heavy atom. The highest BCUT2D eigenvalue weighted by Crippen LogP contribution is 2.26. The second-order valence-electron chi connectivity index (χ2n) is 6.10. The molecule has 3 N–H and O–H groups in total. The molecule has 0 aliphatic carbocycles. The van der Waals surface area contributed by atoms with Gasteiger partial charge in [0, 0.05) is 11.7 Å². The van der Waals surface area contributed by atoms with Crippen molar-refractivity contribution in [2.24, 2.45) is 11.7 Å². The molecule has 1 aliphatic heterocycles. The number of para-hydroxylation sites is 1. The summed E-state index contributed by atoms with van der Waals surface area (Å²) in [6, 6.07) is 8.53. The van der Waals surface area contributed by atoms with E-state index in [4.69, 9.17) is 5.73 Å². The molecule has 0 saturated carbocycles. The fourth-order valence-corrected chi connectivity index (χ4v) is 2.80. The Hall–Kier alpha value is -1.59. The van der Waals surface area contributed by atoms with Crippen LogP contribution < -0.4 is 16.0 Å². The molecule has 1 saturated heterocycles. The number of hydrogen-bond acceptors (Lipinski definition) is 3. The second-order valence-corrected chi connectivity index (χ2v) is 6.10. The molecule has 1 fully saturated rings. The highest BCUT2D eigenvalue weighted by molar-refractivity contribution is 6.02. The number of nitrogens with two attached hydrogens (primary N) is 1. The van der Waals surface area contributed by atoms with Crippen molar-refractivity contribution in [2.75, 3.05) is 4.90 Å². The molecule has 0 bridgehead atoms. The molecule has 4 atom stereocenters. The van der Waals surface area contributed by atoms with Crippen LogP contribution in [-0.4, -0.2) is 29.9 Å². The monoisotopic (exact) mass is 339 g/mol. The highest BCUT2D eigenvalue weighted by atomic mass is 35.5. The lowest BCUT2D eigenvalue weighted by atomic mass is 9.99. The molecule has 1 aromatic rings. The Morgan fingerprint density at radius 3 is 2.57 bits per heavy atom. The zero-order valence-electron chi connectivity index (χ0n) is 13.9. The molecule has 23 heavy (non-hydrogen) atoms. The topological polar surface area (TPSA) is 75.4 Å². The van der Waals surface area contributed by atoms with Crippen LogP contribution in [0.2, 0.25) is 0 Å². The van der Waals surface area contributed by atoms with Gasteiger partial charge in [0.25, 0.3) is 0 Å². The molecule has 2 rings (SSSR count). The van der Waals surface area contributed by atoms with Crippen molar-refractivity contribution in [1.29, 1.82) is 0 Å². The lowest BCUT2D eigenvalue weighted by molar-refractivity contribution is -0.128. The van der Waals surface area contributed by atoms with E-state index in [2.05, 4.69) is 5.32 Å². The molecule has 0 spiro atoms. The maximum absolute atomic E-state index is 12.6. The van der Waals surface area contributed by atoms with Crippen molar-refractivity contribution < 1.29 is 9.59 Å². The van der Waals surface area contributed by atoms with Gasteiger partial charge in [-0.25, -0.2) is 0 Å². The molecule has 6 heteroatoms. The fourth-order valence-electron chi connectivity index (χ4n) is 2.80. The summed E-state index contributed by atoms with van der Waals surface area (Å²) in [5.41, 5.74) is 6.80. The van der Waals surface area contributed by atoms with Crippen molar-refractivity contribution >= 4 is 29.9 Å². The van der Waals surface area contributed by atoms with E-state index in [1.54, 1.807) is 4.90 Å². The van der Waals surface area contributed by atoms with Gasteiger partial charge >= 0.3 is 0 Å². The van der Waals surface area contributed by atoms with Gasteiger partial charge in [0.1, 0.15) is 6.04 Å². The van der Waals surface area contributed by atoms with Crippen LogP contribution in [0.25, 0.3) is 0 Å². The molecule has 2 amide bonds. The average Bonchev–Trinajstić information content (AvgIpc) is 2.80. The first-order valence-electron chi connectivity index (χ1n) is 7.89. The summed E-state index contributed by atoms with van der Waals surface area (Å²) < 4.78 is 0. The van der Waals surface area contributed by atoms with Crippen LogP contribution in [0.15, 0.2) is 30.3 Å². The third-order valence-electron chi connectivity index (χ3n) is 4.46. The third kappa shape index (κ3) is 4.24. The first-order valence-corrected chi connectivity index (χ1v) is 7.89. The number of hydrogen-bond donors (Lipinski definition) is 2. The van der Waals surface area contributed by atoms with Crippen LogP contribution >= 0.6 is 12.4 Å². The van der Waals surface area contributed by atoms with Crippen molar-refractivity contribution in [2.45, 2.75) is 51.7 Å². The van der Waals surface area contributed by atoms with E-state index < -0.39 is 12.1 Å². The van der Waals surface area contributed by atoms with Gasteiger partial charge in [-0.3, -0.25) is 9.59 Å². The Morgan fingerprint density at radius 2 is 2.00 bits per heavy atom. The van der Waals surface area contributed by atoms with Crippen LogP contribution in [0, 0.1) is 5.92 Å². The number of carbonyl (C=O) groups excluding carboxylic acids is 2. The van der Waals surface area contributed by atoms with E-state index in [1.165, 1.54) is 0 Å². The number of anilines is 1. The van der Waals surface area contributed by atoms with Crippen LogP contribution in [0.1, 0.15) is 33.6 Å². The predicted octanol–water partition coefficient (Wildman–Crippen LogP) is 2.09. The maximum atomic E-state index is 12.6. The van der Waals surface area contributed by atoms with Crippen molar-refractivity contribution in [3.05, 3.63) is 30.3 Å². The molecular weight excluding hydrogens is 314 g/mol. The van der Waals surface area contributed by atoms with Gasteiger partial charge < -0.3 is 16.0 Å². The average molecular weight is 340 g/mol. The molecule has 128 valence electrons. The van der Waals surface area contributed by atoms with E-state index in [0.29, 0.717) is 6.42 Å². The Bertz CT molecular complexity index is 538. The first kappa shape index (κ1) is 19.5. The van der Waals surface area contributed by atoms with Gasteiger partial charge in [-0.1, -0.05) is 38.5 Å². The van der Waals surface area contributed by atoms with Crippen molar-refractivity contribution in [1.82, 2.24) is 5.32 Å². The number of carbonyl (C=O) groups is 2. The molecular formula is C17H26ClN3O2. The number of nitrogens with one attached hydrogen (secondary N) is 1. The normalized spacial score (nSPS) is 23.1. The SMILES string of the molecule is CCC(C)C(N)C(=O)NC1CC(C)N(c2ccccc2)C1=O.Cl. The van der Waals surface area contributed by atoms with E-state index in [0.717, 1.165) is 12.1 Å². The van der Waals surface area contributed by atoms with Crippen molar-refractivity contribution in [3.8, 4) is 0 Å². The van der Waals surface area contributed by atoms with Gasteiger partial charge in [0.05, 0.1) is 6.04 Å². The Balaban J connectivity index is 0.00000264. The number of rotatable bonds is 5. The third-order valence-corrected chi connectivity index (χ3v) is 4.46. The zero-order valence-corrected chi connectivity index (χ0v) is 14.7. The molecule has 1 aromatic carbocycles. The van der Waals surface area contributed by atoms with Crippen LogP contribution in [0.5, 0.6) is 0 Å². The largest absolute Gasteiger partial charge is 0.343 e. The second kappa shape index (κ2) is 8.31. The standard InChI is InChI=1S/C17H25N3O2.ClH/c1-4-11(2)15(18)16(21)19-14-10-12(3)20(17(14)22)13-8-6-5-7-9-13;/h5-9,11-12,14-15H,4,10,18H2,1-3H3,(H,19,21);1H.